The first-order valence-corrected chi connectivity index (χ1v) is 8.56. The average Bonchev–Trinajstić information content (AvgIpc) is 2.65. The molecule has 3 nitrogen and oxygen atoms in total. The number of anilines is 1. The van der Waals surface area contributed by atoms with Gasteiger partial charge < -0.3 is 10.1 Å². The van der Waals surface area contributed by atoms with Gasteiger partial charge in [-0.3, -0.25) is 0 Å². The smallest absolute Gasteiger partial charge is 0.118 e. The van der Waals surface area contributed by atoms with Crippen molar-refractivity contribution in [2.45, 2.75) is 32.7 Å². The molecule has 3 rings (SSSR count). The Morgan fingerprint density at radius 2 is 1.71 bits per heavy atom. The maximum atomic E-state index is 5.25. The van der Waals surface area contributed by atoms with Crippen molar-refractivity contribution < 1.29 is 4.74 Å². The standard InChI is InChI=1S/C21H24N2O/c1-4-16(5-2)22-21-14-20(15-10-12-17(24-3)13-11-15)23-19-9-7-6-8-18(19)21/h6-14,16H,4-5H2,1-3H3,(H,22,23). The van der Waals surface area contributed by atoms with Crippen molar-refractivity contribution in [1.29, 1.82) is 0 Å². The molecule has 0 aliphatic heterocycles. The molecule has 3 heteroatoms. The summed E-state index contributed by atoms with van der Waals surface area (Å²) in [5.74, 6) is 0.856. The Hall–Kier alpha value is -2.55. The van der Waals surface area contributed by atoms with Gasteiger partial charge in [0.2, 0.25) is 0 Å². The number of nitrogens with one attached hydrogen (secondary N) is 1. The first-order chi connectivity index (χ1) is 11.7. The fourth-order valence-electron chi connectivity index (χ4n) is 2.92. The van der Waals surface area contributed by atoms with Crippen LogP contribution in [0.1, 0.15) is 26.7 Å². The third-order valence-electron chi connectivity index (χ3n) is 4.45. The molecule has 0 aliphatic carbocycles. The predicted octanol–water partition coefficient (Wildman–Crippen LogP) is 5.51. The summed E-state index contributed by atoms with van der Waals surface area (Å²) >= 11 is 0. The Balaban J connectivity index is 2.08. The van der Waals surface area contributed by atoms with E-state index in [1.165, 1.54) is 5.39 Å². The minimum Gasteiger partial charge on any atom is -0.497 e. The summed E-state index contributed by atoms with van der Waals surface area (Å²) in [6.07, 6.45) is 2.20. The molecule has 0 radical (unpaired) electrons. The molecular formula is C21H24N2O. The Morgan fingerprint density at radius 1 is 1.00 bits per heavy atom. The van der Waals surface area contributed by atoms with Gasteiger partial charge in [-0.15, -0.1) is 0 Å². The molecule has 0 spiro atoms. The highest BCUT2D eigenvalue weighted by Crippen LogP contribution is 2.30. The molecule has 24 heavy (non-hydrogen) atoms. The third-order valence-corrected chi connectivity index (χ3v) is 4.45. The fraction of sp³-hybridized carbons (Fsp3) is 0.286. The molecule has 1 heterocycles. The van der Waals surface area contributed by atoms with Gasteiger partial charge in [0, 0.05) is 22.7 Å². The van der Waals surface area contributed by atoms with Crippen LogP contribution in [0.25, 0.3) is 22.2 Å². The monoisotopic (exact) mass is 320 g/mol. The third kappa shape index (κ3) is 3.35. The highest BCUT2D eigenvalue weighted by molar-refractivity contribution is 5.93. The Morgan fingerprint density at radius 3 is 2.38 bits per heavy atom. The lowest BCUT2D eigenvalue weighted by molar-refractivity contribution is 0.415. The van der Waals surface area contributed by atoms with Crippen LogP contribution in [0.5, 0.6) is 5.75 Å². The maximum Gasteiger partial charge on any atom is 0.118 e. The van der Waals surface area contributed by atoms with Crippen molar-refractivity contribution >= 4 is 16.6 Å². The first kappa shape index (κ1) is 16.3. The van der Waals surface area contributed by atoms with Crippen molar-refractivity contribution in [2.24, 2.45) is 0 Å². The maximum absolute atomic E-state index is 5.25. The van der Waals surface area contributed by atoms with E-state index in [0.29, 0.717) is 6.04 Å². The van der Waals surface area contributed by atoms with E-state index < -0.39 is 0 Å². The largest absolute Gasteiger partial charge is 0.497 e. The summed E-state index contributed by atoms with van der Waals surface area (Å²) in [4.78, 5) is 4.84. The fourth-order valence-corrected chi connectivity index (χ4v) is 2.92. The highest BCUT2D eigenvalue weighted by Gasteiger charge is 2.10. The van der Waals surface area contributed by atoms with Gasteiger partial charge in [-0.1, -0.05) is 32.0 Å². The number of aromatic nitrogens is 1. The SMILES string of the molecule is CCC(CC)Nc1cc(-c2ccc(OC)cc2)nc2ccccc12. The molecule has 3 aromatic rings. The van der Waals surface area contributed by atoms with Crippen LogP contribution < -0.4 is 10.1 Å². The van der Waals surface area contributed by atoms with E-state index in [-0.39, 0.29) is 0 Å². The number of fused-ring (bicyclic) bond motifs is 1. The number of methoxy groups -OCH3 is 1. The van der Waals surface area contributed by atoms with Crippen molar-refractivity contribution in [3.63, 3.8) is 0 Å². The molecule has 0 atom stereocenters. The zero-order valence-electron chi connectivity index (χ0n) is 14.5. The van der Waals surface area contributed by atoms with E-state index in [9.17, 15) is 0 Å². The van der Waals surface area contributed by atoms with Gasteiger partial charge in [0.05, 0.1) is 18.3 Å². The summed E-state index contributed by atoms with van der Waals surface area (Å²) in [5.41, 5.74) is 4.23. The van der Waals surface area contributed by atoms with Gasteiger partial charge in [-0.2, -0.15) is 0 Å². The zero-order chi connectivity index (χ0) is 16.9. The van der Waals surface area contributed by atoms with Gasteiger partial charge >= 0.3 is 0 Å². The molecule has 0 bridgehead atoms. The molecule has 1 aromatic heterocycles. The van der Waals surface area contributed by atoms with E-state index in [1.54, 1.807) is 7.11 Å². The molecule has 0 saturated carbocycles. The van der Waals surface area contributed by atoms with Crippen molar-refractivity contribution in [2.75, 3.05) is 12.4 Å². The highest BCUT2D eigenvalue weighted by atomic mass is 16.5. The summed E-state index contributed by atoms with van der Waals surface area (Å²) in [7, 11) is 1.68. The van der Waals surface area contributed by atoms with Crippen LogP contribution in [0.2, 0.25) is 0 Å². The molecule has 0 fully saturated rings. The van der Waals surface area contributed by atoms with Gasteiger partial charge in [0.25, 0.3) is 0 Å². The van der Waals surface area contributed by atoms with E-state index in [2.05, 4.69) is 55.6 Å². The molecule has 1 N–H and O–H groups in total. The van der Waals surface area contributed by atoms with E-state index in [1.807, 2.05) is 18.2 Å². The lowest BCUT2D eigenvalue weighted by Crippen LogP contribution is -2.17. The molecule has 0 amide bonds. The second-order valence-electron chi connectivity index (χ2n) is 5.96. The Labute approximate surface area is 143 Å². The van der Waals surface area contributed by atoms with Gasteiger partial charge in [-0.05, 0) is 49.2 Å². The van der Waals surface area contributed by atoms with Gasteiger partial charge in [0.1, 0.15) is 5.75 Å². The van der Waals surface area contributed by atoms with Gasteiger partial charge in [0.15, 0.2) is 0 Å². The minimum absolute atomic E-state index is 0.472. The number of benzene rings is 2. The van der Waals surface area contributed by atoms with Crippen LogP contribution in [-0.4, -0.2) is 18.1 Å². The second-order valence-corrected chi connectivity index (χ2v) is 5.96. The summed E-state index contributed by atoms with van der Waals surface area (Å²) in [6.45, 7) is 4.43. The minimum atomic E-state index is 0.472. The number of ether oxygens (including phenoxy) is 1. The number of hydrogen-bond acceptors (Lipinski definition) is 3. The van der Waals surface area contributed by atoms with E-state index >= 15 is 0 Å². The molecule has 124 valence electrons. The lowest BCUT2D eigenvalue weighted by atomic mass is 10.1. The van der Waals surface area contributed by atoms with Crippen LogP contribution in [0.15, 0.2) is 54.6 Å². The number of para-hydroxylation sites is 1. The Bertz CT molecular complexity index is 808. The van der Waals surface area contributed by atoms with Crippen molar-refractivity contribution in [1.82, 2.24) is 4.98 Å². The number of rotatable bonds is 6. The van der Waals surface area contributed by atoms with Crippen LogP contribution in [0.3, 0.4) is 0 Å². The lowest BCUT2D eigenvalue weighted by Gasteiger charge is -2.19. The molecule has 2 aromatic carbocycles. The van der Waals surface area contributed by atoms with Crippen LogP contribution in [-0.2, 0) is 0 Å². The van der Waals surface area contributed by atoms with Crippen molar-refractivity contribution in [3.05, 3.63) is 54.6 Å². The van der Waals surface area contributed by atoms with Crippen LogP contribution in [0, 0.1) is 0 Å². The van der Waals surface area contributed by atoms with Crippen LogP contribution >= 0.6 is 0 Å². The number of nitrogens with zero attached hydrogens (tertiary/aromatic N) is 1. The zero-order valence-corrected chi connectivity index (χ0v) is 14.5. The topological polar surface area (TPSA) is 34.1 Å². The van der Waals surface area contributed by atoms with E-state index in [4.69, 9.17) is 9.72 Å². The molecule has 0 aliphatic rings. The van der Waals surface area contributed by atoms with Gasteiger partial charge in [-0.25, -0.2) is 4.98 Å². The van der Waals surface area contributed by atoms with E-state index in [0.717, 1.165) is 41.1 Å². The average molecular weight is 320 g/mol. The van der Waals surface area contributed by atoms with Crippen molar-refractivity contribution in [3.8, 4) is 17.0 Å². The number of hydrogen-bond donors (Lipinski definition) is 1. The predicted molar refractivity (Wildman–Crippen MR) is 102 cm³/mol. The summed E-state index contributed by atoms with van der Waals surface area (Å²) in [5, 5.41) is 4.86. The number of pyridine rings is 1. The normalized spacial score (nSPS) is 11.0. The quantitative estimate of drug-likeness (QED) is 0.650. The molecular weight excluding hydrogens is 296 g/mol. The summed E-state index contributed by atoms with van der Waals surface area (Å²) < 4.78 is 5.25. The summed E-state index contributed by atoms with van der Waals surface area (Å²) in [6, 6.07) is 19.0. The Kier molecular flexibility index (Phi) is 4.99. The first-order valence-electron chi connectivity index (χ1n) is 8.56. The van der Waals surface area contributed by atoms with Crippen LogP contribution in [0.4, 0.5) is 5.69 Å². The molecule has 0 unspecified atom stereocenters. The molecule has 0 saturated heterocycles. The second kappa shape index (κ2) is 7.35.